The molecule has 0 aliphatic carbocycles. The van der Waals surface area contributed by atoms with Gasteiger partial charge in [-0.25, -0.2) is 14.3 Å². The smallest absolute Gasteiger partial charge is 0.305 e. The second-order valence-electron chi connectivity index (χ2n) is 6.20. The van der Waals surface area contributed by atoms with E-state index in [1.54, 1.807) is 31.2 Å². The summed E-state index contributed by atoms with van der Waals surface area (Å²) in [4.78, 5) is 32.2. The van der Waals surface area contributed by atoms with Crippen LogP contribution in [0.2, 0.25) is 5.02 Å². The van der Waals surface area contributed by atoms with Gasteiger partial charge in [-0.1, -0.05) is 41.6 Å². The van der Waals surface area contributed by atoms with Crippen molar-refractivity contribution in [2.75, 3.05) is 0 Å². The predicted octanol–water partition coefficient (Wildman–Crippen LogP) is 3.44. The van der Waals surface area contributed by atoms with Crippen molar-refractivity contribution in [2.45, 2.75) is 6.92 Å². The number of nitrogens with one attached hydrogen (secondary N) is 1. The number of hydrogen-bond acceptors (Lipinski definition) is 3. The van der Waals surface area contributed by atoms with Crippen molar-refractivity contribution in [3.63, 3.8) is 0 Å². The van der Waals surface area contributed by atoms with Crippen molar-refractivity contribution in [3.8, 4) is 17.5 Å². The molecule has 2 heterocycles. The van der Waals surface area contributed by atoms with Gasteiger partial charge in [0.05, 0.1) is 16.2 Å². The number of rotatable bonds is 1. The highest BCUT2D eigenvalue weighted by molar-refractivity contribution is 6.32. The van der Waals surface area contributed by atoms with Gasteiger partial charge in [-0.2, -0.15) is 0 Å². The van der Waals surface area contributed by atoms with Gasteiger partial charge in [-0.05, 0) is 48.9 Å². The third-order valence-electron chi connectivity index (χ3n) is 4.31. The summed E-state index contributed by atoms with van der Waals surface area (Å²) < 4.78 is 0.992. The Bertz CT molecular complexity index is 1380. The molecule has 4 rings (SSSR count). The number of nitrogens with zero attached hydrogens (tertiary/aromatic N) is 2. The normalized spacial score (nSPS) is 10.5. The number of aryl methyl sites for hydroxylation is 1. The number of halogens is 1. The lowest BCUT2D eigenvalue weighted by Crippen LogP contribution is -2.34. The molecule has 1 N–H and O–H groups in total. The van der Waals surface area contributed by atoms with Crippen molar-refractivity contribution in [2.24, 2.45) is 0 Å². The molecule has 4 aromatic rings. The van der Waals surface area contributed by atoms with Crippen molar-refractivity contribution >= 4 is 22.6 Å². The molecular weight excluding hydrogens is 374 g/mol. The van der Waals surface area contributed by atoms with Crippen LogP contribution in [0.25, 0.3) is 16.7 Å². The van der Waals surface area contributed by atoms with Crippen LogP contribution in [-0.2, 0) is 0 Å². The van der Waals surface area contributed by atoms with E-state index in [4.69, 9.17) is 11.6 Å². The lowest BCUT2D eigenvalue weighted by atomic mass is 10.1. The SMILES string of the molecule is Cc1ccnc2c(=O)n(-c3ccc(C#Cc4ccccc4)cc3Cl)c(=O)[nH]c12. The van der Waals surface area contributed by atoms with Crippen LogP contribution in [0, 0.1) is 18.8 Å². The molecule has 2 aromatic carbocycles. The van der Waals surface area contributed by atoms with E-state index in [1.807, 2.05) is 30.3 Å². The topological polar surface area (TPSA) is 67.8 Å². The van der Waals surface area contributed by atoms with Crippen LogP contribution in [0.1, 0.15) is 16.7 Å². The van der Waals surface area contributed by atoms with Crippen LogP contribution in [0.5, 0.6) is 0 Å². The maximum Gasteiger partial charge on any atom is 0.333 e. The van der Waals surface area contributed by atoms with Gasteiger partial charge in [0.2, 0.25) is 0 Å². The van der Waals surface area contributed by atoms with E-state index in [9.17, 15) is 9.59 Å². The molecule has 0 saturated heterocycles. The summed E-state index contributed by atoms with van der Waals surface area (Å²) in [6.07, 6.45) is 1.53. The van der Waals surface area contributed by atoms with E-state index >= 15 is 0 Å². The van der Waals surface area contributed by atoms with E-state index in [2.05, 4.69) is 21.8 Å². The maximum atomic E-state index is 12.8. The van der Waals surface area contributed by atoms with Crippen molar-refractivity contribution in [3.05, 3.63) is 103 Å². The number of aromatic nitrogens is 3. The zero-order valence-electron chi connectivity index (χ0n) is 14.9. The first-order valence-electron chi connectivity index (χ1n) is 8.52. The first-order chi connectivity index (χ1) is 13.5. The molecule has 0 unspecified atom stereocenters. The van der Waals surface area contributed by atoms with Gasteiger partial charge in [-0.3, -0.25) is 4.79 Å². The molecule has 2 aromatic heterocycles. The fourth-order valence-corrected chi connectivity index (χ4v) is 3.15. The number of pyridine rings is 1. The van der Waals surface area contributed by atoms with E-state index in [1.165, 1.54) is 6.20 Å². The zero-order chi connectivity index (χ0) is 19.7. The van der Waals surface area contributed by atoms with E-state index in [0.29, 0.717) is 11.1 Å². The quantitative estimate of drug-likeness (QED) is 0.509. The van der Waals surface area contributed by atoms with Gasteiger partial charge < -0.3 is 4.98 Å². The molecule has 5 nitrogen and oxygen atoms in total. The molecule has 28 heavy (non-hydrogen) atoms. The first-order valence-corrected chi connectivity index (χ1v) is 8.90. The Labute approximate surface area is 165 Å². The largest absolute Gasteiger partial charge is 0.333 e. The molecule has 0 atom stereocenters. The summed E-state index contributed by atoms with van der Waals surface area (Å²) in [6, 6.07) is 16.3. The van der Waals surface area contributed by atoms with E-state index < -0.39 is 11.2 Å². The first kappa shape index (κ1) is 17.8. The predicted molar refractivity (Wildman–Crippen MR) is 110 cm³/mol. The molecule has 6 heteroatoms. The number of H-pyrrole nitrogens is 1. The van der Waals surface area contributed by atoms with Crippen LogP contribution in [0.4, 0.5) is 0 Å². The summed E-state index contributed by atoms with van der Waals surface area (Å²) in [7, 11) is 0. The van der Waals surface area contributed by atoms with Gasteiger partial charge >= 0.3 is 5.69 Å². The fraction of sp³-hybridized carbons (Fsp3) is 0.0455. The number of fused-ring (bicyclic) bond motifs is 1. The van der Waals surface area contributed by atoms with Crippen LogP contribution >= 0.6 is 11.6 Å². The second kappa shape index (κ2) is 7.18. The number of aromatic amines is 1. The summed E-state index contributed by atoms with van der Waals surface area (Å²) in [6.45, 7) is 1.80. The average Bonchev–Trinajstić information content (AvgIpc) is 2.69. The second-order valence-corrected chi connectivity index (χ2v) is 6.61. The minimum absolute atomic E-state index is 0.184. The zero-order valence-corrected chi connectivity index (χ0v) is 15.6. The van der Waals surface area contributed by atoms with Gasteiger partial charge in [0.25, 0.3) is 5.56 Å². The fourth-order valence-electron chi connectivity index (χ4n) is 2.89. The maximum absolute atomic E-state index is 12.8. The molecule has 0 aliphatic heterocycles. The Balaban J connectivity index is 1.82. The van der Waals surface area contributed by atoms with E-state index in [-0.39, 0.29) is 16.2 Å². The summed E-state index contributed by atoms with van der Waals surface area (Å²) >= 11 is 6.37. The highest BCUT2D eigenvalue weighted by Gasteiger charge is 2.14. The van der Waals surface area contributed by atoms with Crippen molar-refractivity contribution in [1.82, 2.24) is 14.5 Å². The molecular formula is C22H14ClN3O2. The van der Waals surface area contributed by atoms with Gasteiger partial charge in [-0.15, -0.1) is 0 Å². The Kier molecular flexibility index (Phi) is 4.56. The third kappa shape index (κ3) is 3.22. The molecule has 0 spiro atoms. The molecule has 0 fully saturated rings. The Morgan fingerprint density at radius 2 is 1.75 bits per heavy atom. The third-order valence-corrected chi connectivity index (χ3v) is 4.62. The van der Waals surface area contributed by atoms with Gasteiger partial charge in [0.15, 0.2) is 5.52 Å². The van der Waals surface area contributed by atoms with E-state index in [0.717, 1.165) is 15.7 Å². The summed E-state index contributed by atoms with van der Waals surface area (Å²) in [5.74, 6) is 6.07. The van der Waals surface area contributed by atoms with Crippen LogP contribution in [0.15, 0.2) is 70.4 Å². The minimum atomic E-state index is -0.571. The molecule has 136 valence electrons. The Morgan fingerprint density at radius 1 is 1.00 bits per heavy atom. The number of benzene rings is 2. The van der Waals surface area contributed by atoms with Crippen LogP contribution < -0.4 is 11.2 Å². The highest BCUT2D eigenvalue weighted by Crippen LogP contribution is 2.20. The molecule has 0 radical (unpaired) electrons. The molecule has 0 aliphatic rings. The standard InChI is InChI=1S/C22H14ClN3O2/c1-14-11-12-24-20-19(14)25-22(28)26(21(20)27)18-10-9-16(13-17(18)23)8-7-15-5-3-2-4-6-15/h2-6,9-13H,1H3,(H,25,28). The summed E-state index contributed by atoms with van der Waals surface area (Å²) in [5, 5.41) is 0.250. The van der Waals surface area contributed by atoms with Crippen LogP contribution in [0.3, 0.4) is 0 Å². The van der Waals surface area contributed by atoms with Crippen molar-refractivity contribution < 1.29 is 0 Å². The van der Waals surface area contributed by atoms with Gasteiger partial charge in [0, 0.05) is 17.3 Å². The number of hydrogen-bond donors (Lipinski definition) is 1. The lowest BCUT2D eigenvalue weighted by molar-refractivity contribution is 0.894. The monoisotopic (exact) mass is 387 g/mol. The van der Waals surface area contributed by atoms with Crippen molar-refractivity contribution in [1.29, 1.82) is 0 Å². The molecule has 0 bridgehead atoms. The van der Waals surface area contributed by atoms with Gasteiger partial charge in [0.1, 0.15) is 0 Å². The Morgan fingerprint density at radius 3 is 2.50 bits per heavy atom. The highest BCUT2D eigenvalue weighted by atomic mass is 35.5. The molecule has 0 saturated carbocycles. The molecule has 0 amide bonds. The lowest BCUT2D eigenvalue weighted by Gasteiger charge is -2.09. The van der Waals surface area contributed by atoms with Crippen LogP contribution in [-0.4, -0.2) is 14.5 Å². The Hall–Kier alpha value is -3.62. The minimum Gasteiger partial charge on any atom is -0.305 e. The summed E-state index contributed by atoms with van der Waals surface area (Å²) in [5.41, 5.74) is 2.13. The average molecular weight is 388 g/mol.